The summed E-state index contributed by atoms with van der Waals surface area (Å²) in [7, 11) is 0. The number of benzene rings is 3. The summed E-state index contributed by atoms with van der Waals surface area (Å²) in [5, 5.41) is 2.93. The van der Waals surface area contributed by atoms with Crippen molar-refractivity contribution in [1.29, 1.82) is 0 Å². The van der Waals surface area contributed by atoms with Gasteiger partial charge in [-0.15, -0.1) is 0 Å². The molecule has 1 atom stereocenters. The van der Waals surface area contributed by atoms with Crippen LogP contribution in [-0.4, -0.2) is 23.4 Å². The topological polar surface area (TPSA) is 67.9 Å². The van der Waals surface area contributed by atoms with E-state index < -0.39 is 11.6 Å². The number of nitrogens with zero attached hydrogens (tertiary/aromatic N) is 1. The summed E-state index contributed by atoms with van der Waals surface area (Å²) in [5.74, 6) is 1.76. The monoisotopic (exact) mass is 400 g/mol. The fourth-order valence-electron chi connectivity index (χ4n) is 4.03. The van der Waals surface area contributed by atoms with Gasteiger partial charge in [-0.1, -0.05) is 48.5 Å². The van der Waals surface area contributed by atoms with Crippen LogP contribution in [0.3, 0.4) is 0 Å². The fraction of sp³-hybridized carbons (Fsp3) is 0.167. The first kappa shape index (κ1) is 18.2. The van der Waals surface area contributed by atoms with Crippen LogP contribution in [0.4, 0.5) is 4.79 Å². The zero-order valence-electron chi connectivity index (χ0n) is 16.2. The molecule has 0 aliphatic carbocycles. The van der Waals surface area contributed by atoms with E-state index in [2.05, 4.69) is 5.32 Å². The lowest BCUT2D eigenvalue weighted by molar-refractivity contribution is -0.133. The normalized spacial score (nSPS) is 19.9. The van der Waals surface area contributed by atoms with Gasteiger partial charge in [-0.3, -0.25) is 9.69 Å². The van der Waals surface area contributed by atoms with Crippen LogP contribution in [0.25, 0.3) is 0 Å². The zero-order chi connectivity index (χ0) is 20.6. The number of amides is 3. The van der Waals surface area contributed by atoms with Gasteiger partial charge >= 0.3 is 6.03 Å². The Labute approximate surface area is 174 Å². The van der Waals surface area contributed by atoms with Crippen molar-refractivity contribution in [3.05, 3.63) is 90.0 Å². The van der Waals surface area contributed by atoms with Crippen LogP contribution >= 0.6 is 0 Å². The minimum Gasteiger partial charge on any atom is -0.493 e. The van der Waals surface area contributed by atoms with Crippen molar-refractivity contribution in [2.75, 3.05) is 6.61 Å². The molecule has 6 nitrogen and oxygen atoms in total. The van der Waals surface area contributed by atoms with Crippen LogP contribution in [-0.2, 0) is 16.9 Å². The van der Waals surface area contributed by atoms with Crippen molar-refractivity contribution < 1.29 is 19.1 Å². The number of carbonyl (C=O) groups excluding carboxylic acids is 2. The van der Waals surface area contributed by atoms with Gasteiger partial charge in [0.2, 0.25) is 0 Å². The highest BCUT2D eigenvalue weighted by atomic mass is 16.5. The van der Waals surface area contributed by atoms with Gasteiger partial charge in [0.05, 0.1) is 13.2 Å². The molecule has 0 aromatic heterocycles. The van der Waals surface area contributed by atoms with E-state index in [-0.39, 0.29) is 12.5 Å². The van der Waals surface area contributed by atoms with Crippen LogP contribution in [0.1, 0.15) is 17.5 Å². The molecule has 2 aliphatic rings. The summed E-state index contributed by atoms with van der Waals surface area (Å²) < 4.78 is 11.6. The summed E-state index contributed by atoms with van der Waals surface area (Å²) in [6, 6.07) is 23.9. The third-order valence-corrected chi connectivity index (χ3v) is 5.48. The Kier molecular flexibility index (Phi) is 4.39. The third-order valence-electron chi connectivity index (χ3n) is 5.48. The molecule has 1 spiro atoms. The van der Waals surface area contributed by atoms with Crippen LogP contribution in [0.15, 0.2) is 78.9 Å². The van der Waals surface area contributed by atoms with E-state index >= 15 is 0 Å². The van der Waals surface area contributed by atoms with Gasteiger partial charge in [0.15, 0.2) is 5.54 Å². The number of para-hydroxylation sites is 2. The summed E-state index contributed by atoms with van der Waals surface area (Å²) in [4.78, 5) is 27.4. The number of nitrogens with one attached hydrogen (secondary N) is 1. The minimum atomic E-state index is -1.07. The Morgan fingerprint density at radius 2 is 1.70 bits per heavy atom. The van der Waals surface area contributed by atoms with Gasteiger partial charge in [-0.05, 0) is 35.9 Å². The standard InChI is InChI=1S/C24H20N2O4/c27-22-24(13-14-29-21-12-5-4-11-20(21)24)25-23(28)26(22)16-17-7-6-10-19(15-17)30-18-8-2-1-3-9-18/h1-12,15H,13-14,16H2,(H,25,28). The summed E-state index contributed by atoms with van der Waals surface area (Å²) in [5.41, 5.74) is 0.451. The maximum atomic E-state index is 13.4. The smallest absolute Gasteiger partial charge is 0.325 e. The van der Waals surface area contributed by atoms with Crippen LogP contribution in [0, 0.1) is 0 Å². The average Bonchev–Trinajstić information content (AvgIpc) is 3.00. The second-order valence-corrected chi connectivity index (χ2v) is 7.38. The number of hydrogen-bond donors (Lipinski definition) is 1. The molecule has 1 unspecified atom stereocenters. The van der Waals surface area contributed by atoms with Gasteiger partial charge in [0.1, 0.15) is 17.2 Å². The first-order chi connectivity index (χ1) is 14.7. The molecule has 3 aromatic rings. The Bertz CT molecular complexity index is 1110. The second kappa shape index (κ2) is 7.22. The molecule has 1 N–H and O–H groups in total. The van der Waals surface area contributed by atoms with E-state index in [0.29, 0.717) is 30.1 Å². The van der Waals surface area contributed by atoms with Gasteiger partial charge in [-0.25, -0.2) is 4.79 Å². The summed E-state index contributed by atoms with van der Waals surface area (Å²) >= 11 is 0. The molecule has 6 heteroatoms. The molecule has 150 valence electrons. The van der Waals surface area contributed by atoms with Gasteiger partial charge in [0.25, 0.3) is 5.91 Å². The molecule has 2 aliphatic heterocycles. The van der Waals surface area contributed by atoms with Crippen molar-refractivity contribution in [1.82, 2.24) is 10.2 Å². The number of fused-ring (bicyclic) bond motifs is 2. The van der Waals surface area contributed by atoms with E-state index in [1.807, 2.05) is 78.9 Å². The van der Waals surface area contributed by atoms with Crippen molar-refractivity contribution in [2.24, 2.45) is 0 Å². The van der Waals surface area contributed by atoms with E-state index in [4.69, 9.17) is 9.47 Å². The number of carbonyl (C=O) groups is 2. The lowest BCUT2D eigenvalue weighted by atomic mass is 9.84. The van der Waals surface area contributed by atoms with Crippen LogP contribution in [0.2, 0.25) is 0 Å². The summed E-state index contributed by atoms with van der Waals surface area (Å²) in [6.07, 6.45) is 0.405. The number of rotatable bonds is 4. The molecule has 3 amide bonds. The third kappa shape index (κ3) is 3.06. The van der Waals surface area contributed by atoms with Crippen molar-refractivity contribution in [3.8, 4) is 17.2 Å². The maximum absolute atomic E-state index is 13.4. The maximum Gasteiger partial charge on any atom is 0.325 e. The SMILES string of the molecule is O=C1NC2(CCOc3ccccc32)C(=O)N1Cc1cccc(Oc2ccccc2)c1. The summed E-state index contributed by atoms with van der Waals surface area (Å²) in [6.45, 7) is 0.540. The average molecular weight is 400 g/mol. The Morgan fingerprint density at radius 1 is 0.933 bits per heavy atom. The second-order valence-electron chi connectivity index (χ2n) is 7.38. The number of ether oxygens (including phenoxy) is 2. The highest BCUT2D eigenvalue weighted by Crippen LogP contribution is 2.41. The quantitative estimate of drug-likeness (QED) is 0.666. The fourth-order valence-corrected chi connectivity index (χ4v) is 4.03. The molecule has 5 rings (SSSR count). The highest BCUT2D eigenvalue weighted by molar-refractivity contribution is 6.07. The van der Waals surface area contributed by atoms with Crippen molar-refractivity contribution >= 4 is 11.9 Å². The van der Waals surface area contributed by atoms with Crippen molar-refractivity contribution in [2.45, 2.75) is 18.5 Å². The number of imide groups is 1. The largest absolute Gasteiger partial charge is 0.493 e. The first-order valence-electron chi connectivity index (χ1n) is 9.84. The molecule has 0 bridgehead atoms. The van der Waals surface area contributed by atoms with Gasteiger partial charge < -0.3 is 14.8 Å². The predicted octanol–water partition coefficient (Wildman–Crippen LogP) is 4.21. The van der Waals surface area contributed by atoms with E-state index in [1.54, 1.807) is 0 Å². The molecule has 3 aromatic carbocycles. The van der Waals surface area contributed by atoms with Crippen LogP contribution < -0.4 is 14.8 Å². The Balaban J connectivity index is 1.40. The number of hydrogen-bond acceptors (Lipinski definition) is 4. The Morgan fingerprint density at radius 3 is 2.57 bits per heavy atom. The molecule has 2 heterocycles. The van der Waals surface area contributed by atoms with Crippen LogP contribution in [0.5, 0.6) is 17.2 Å². The molecule has 1 saturated heterocycles. The molecule has 1 fully saturated rings. The molecular formula is C24H20N2O4. The highest BCUT2D eigenvalue weighted by Gasteiger charge is 2.54. The predicted molar refractivity (Wildman–Crippen MR) is 110 cm³/mol. The minimum absolute atomic E-state index is 0.168. The zero-order valence-corrected chi connectivity index (χ0v) is 16.2. The van der Waals surface area contributed by atoms with E-state index in [0.717, 1.165) is 11.3 Å². The van der Waals surface area contributed by atoms with E-state index in [1.165, 1.54) is 4.90 Å². The lowest BCUT2D eigenvalue weighted by Crippen LogP contribution is -2.47. The van der Waals surface area contributed by atoms with E-state index in [9.17, 15) is 9.59 Å². The van der Waals surface area contributed by atoms with Gasteiger partial charge in [-0.2, -0.15) is 0 Å². The molecular weight excluding hydrogens is 380 g/mol. The van der Waals surface area contributed by atoms with Gasteiger partial charge in [0, 0.05) is 12.0 Å². The first-order valence-corrected chi connectivity index (χ1v) is 9.84. The number of urea groups is 1. The molecule has 0 radical (unpaired) electrons. The Hall–Kier alpha value is -3.80. The molecule has 30 heavy (non-hydrogen) atoms. The lowest BCUT2D eigenvalue weighted by Gasteiger charge is -2.33. The molecule has 0 saturated carbocycles. The van der Waals surface area contributed by atoms with Crippen molar-refractivity contribution in [3.63, 3.8) is 0 Å².